The molecule has 0 saturated carbocycles. The predicted molar refractivity (Wildman–Crippen MR) is 42.5 cm³/mol. The lowest BCUT2D eigenvalue weighted by Gasteiger charge is -2.32. The van der Waals surface area contributed by atoms with E-state index in [0.29, 0.717) is 6.54 Å². The second-order valence-corrected chi connectivity index (χ2v) is 3.22. The molecule has 0 aromatic carbocycles. The maximum Gasteiger partial charge on any atom is 0.310 e. The van der Waals surface area contributed by atoms with Gasteiger partial charge in [-0.15, -0.1) is 0 Å². The number of carboxylic acids is 1. The molecule has 1 fully saturated rings. The van der Waals surface area contributed by atoms with Gasteiger partial charge in [0.25, 0.3) is 0 Å². The molecule has 1 heterocycles. The highest BCUT2D eigenvalue weighted by Crippen LogP contribution is 2.29. The molecule has 2 N–H and O–H groups in total. The molecule has 0 bridgehead atoms. The Kier molecular flexibility index (Phi) is 2.49. The van der Waals surface area contributed by atoms with Gasteiger partial charge in [0.15, 0.2) is 0 Å². The van der Waals surface area contributed by atoms with Crippen LogP contribution in [0.4, 0.5) is 0 Å². The summed E-state index contributed by atoms with van der Waals surface area (Å²) in [4.78, 5) is 10.9. The fourth-order valence-corrected chi connectivity index (χ4v) is 1.60. The first kappa shape index (κ1) is 8.53. The van der Waals surface area contributed by atoms with E-state index >= 15 is 0 Å². The van der Waals surface area contributed by atoms with Crippen LogP contribution in [0.15, 0.2) is 0 Å². The molecule has 0 aliphatic carbocycles. The number of piperidine rings is 1. The number of aliphatic carboxylic acids is 1. The van der Waals surface area contributed by atoms with E-state index in [0.717, 1.165) is 25.8 Å². The summed E-state index contributed by atoms with van der Waals surface area (Å²) >= 11 is 0. The second-order valence-electron chi connectivity index (χ2n) is 3.22. The summed E-state index contributed by atoms with van der Waals surface area (Å²) in [7, 11) is 0. The zero-order chi connectivity index (χ0) is 8.32. The summed E-state index contributed by atoms with van der Waals surface area (Å²) in [6.45, 7) is 3.55. The minimum absolute atomic E-state index is 0.474. The zero-order valence-electron chi connectivity index (χ0n) is 6.89. The lowest BCUT2D eigenvalue weighted by Crippen LogP contribution is -2.45. The summed E-state index contributed by atoms with van der Waals surface area (Å²) in [5, 5.41) is 12.1. The third-order valence-electron chi connectivity index (χ3n) is 2.60. The van der Waals surface area contributed by atoms with Gasteiger partial charge in [0.2, 0.25) is 0 Å². The highest BCUT2D eigenvalue weighted by atomic mass is 16.4. The van der Waals surface area contributed by atoms with Crippen LogP contribution in [0, 0.1) is 5.41 Å². The van der Waals surface area contributed by atoms with Gasteiger partial charge in [0, 0.05) is 6.54 Å². The number of rotatable bonds is 2. The first-order valence-electron chi connectivity index (χ1n) is 4.15. The molecule has 1 saturated heterocycles. The van der Waals surface area contributed by atoms with E-state index in [9.17, 15) is 4.79 Å². The molecule has 1 rings (SSSR count). The summed E-state index contributed by atoms with van der Waals surface area (Å²) in [6, 6.07) is 0. The highest BCUT2D eigenvalue weighted by Gasteiger charge is 2.37. The summed E-state index contributed by atoms with van der Waals surface area (Å²) in [6.07, 6.45) is 2.54. The van der Waals surface area contributed by atoms with Gasteiger partial charge in [-0.05, 0) is 25.8 Å². The normalized spacial score (nSPS) is 31.7. The summed E-state index contributed by atoms with van der Waals surface area (Å²) in [5.41, 5.74) is -0.474. The van der Waals surface area contributed by atoms with E-state index < -0.39 is 11.4 Å². The van der Waals surface area contributed by atoms with Gasteiger partial charge in [-0.25, -0.2) is 0 Å². The van der Waals surface area contributed by atoms with E-state index in [2.05, 4.69) is 5.32 Å². The molecule has 1 atom stereocenters. The Morgan fingerprint density at radius 2 is 2.45 bits per heavy atom. The molecule has 1 aliphatic heterocycles. The summed E-state index contributed by atoms with van der Waals surface area (Å²) in [5.74, 6) is -0.646. The van der Waals surface area contributed by atoms with Crippen LogP contribution >= 0.6 is 0 Å². The van der Waals surface area contributed by atoms with Crippen molar-refractivity contribution in [3.8, 4) is 0 Å². The third-order valence-corrected chi connectivity index (χ3v) is 2.60. The fourth-order valence-electron chi connectivity index (χ4n) is 1.60. The molecule has 0 spiro atoms. The minimum atomic E-state index is -0.646. The number of carbonyl (C=O) groups is 1. The first-order valence-corrected chi connectivity index (χ1v) is 4.15. The molecular formula is C8H15NO2. The lowest BCUT2D eigenvalue weighted by molar-refractivity contribution is -0.150. The van der Waals surface area contributed by atoms with Crippen molar-refractivity contribution in [3.63, 3.8) is 0 Å². The third kappa shape index (κ3) is 1.53. The predicted octanol–water partition coefficient (Wildman–Crippen LogP) is 0.851. The molecule has 0 amide bonds. The van der Waals surface area contributed by atoms with Gasteiger partial charge < -0.3 is 10.4 Å². The van der Waals surface area contributed by atoms with Crippen molar-refractivity contribution in [2.24, 2.45) is 5.41 Å². The van der Waals surface area contributed by atoms with Crippen LogP contribution in [0.25, 0.3) is 0 Å². The van der Waals surface area contributed by atoms with Crippen molar-refractivity contribution < 1.29 is 9.90 Å². The number of carboxylic acid groups (broad SMARTS) is 1. The Hall–Kier alpha value is -0.570. The van der Waals surface area contributed by atoms with Gasteiger partial charge in [-0.1, -0.05) is 6.92 Å². The molecule has 3 nitrogen and oxygen atoms in total. The Morgan fingerprint density at radius 1 is 1.73 bits per heavy atom. The number of hydrogen-bond acceptors (Lipinski definition) is 2. The van der Waals surface area contributed by atoms with Crippen molar-refractivity contribution >= 4 is 5.97 Å². The van der Waals surface area contributed by atoms with Gasteiger partial charge in [0.1, 0.15) is 0 Å². The average molecular weight is 157 g/mol. The van der Waals surface area contributed by atoms with Crippen LogP contribution in [0.3, 0.4) is 0 Å². The molecule has 0 aromatic heterocycles. The standard InChI is InChI=1S/C8H15NO2/c1-2-8(7(10)11)4-3-5-9-6-8/h9H,2-6H2,1H3,(H,10,11)/t8-/m0/s1. The fraction of sp³-hybridized carbons (Fsp3) is 0.875. The molecule has 0 unspecified atom stereocenters. The Labute approximate surface area is 66.8 Å². The van der Waals surface area contributed by atoms with Crippen LogP contribution in [-0.2, 0) is 4.79 Å². The zero-order valence-corrected chi connectivity index (χ0v) is 6.89. The maximum absolute atomic E-state index is 10.9. The molecule has 1 aliphatic rings. The van der Waals surface area contributed by atoms with Gasteiger partial charge in [-0.3, -0.25) is 4.79 Å². The van der Waals surface area contributed by atoms with Crippen molar-refractivity contribution in [3.05, 3.63) is 0 Å². The van der Waals surface area contributed by atoms with Crippen molar-refractivity contribution in [1.29, 1.82) is 0 Å². The van der Waals surface area contributed by atoms with Gasteiger partial charge >= 0.3 is 5.97 Å². The number of nitrogens with one attached hydrogen (secondary N) is 1. The van der Waals surface area contributed by atoms with Crippen LogP contribution in [-0.4, -0.2) is 24.2 Å². The SMILES string of the molecule is CC[C@]1(C(=O)O)CCCNC1. The molecule has 0 radical (unpaired) electrons. The van der Waals surface area contributed by atoms with E-state index in [4.69, 9.17) is 5.11 Å². The Balaban J connectivity index is 2.64. The number of hydrogen-bond donors (Lipinski definition) is 2. The Morgan fingerprint density at radius 3 is 2.73 bits per heavy atom. The van der Waals surface area contributed by atoms with E-state index in [-0.39, 0.29) is 0 Å². The van der Waals surface area contributed by atoms with Crippen LogP contribution in [0.2, 0.25) is 0 Å². The van der Waals surface area contributed by atoms with Crippen LogP contribution in [0.5, 0.6) is 0 Å². The molecule has 0 aromatic rings. The van der Waals surface area contributed by atoms with Gasteiger partial charge in [0.05, 0.1) is 5.41 Å². The molecular weight excluding hydrogens is 142 g/mol. The van der Waals surface area contributed by atoms with E-state index in [1.807, 2.05) is 6.92 Å². The van der Waals surface area contributed by atoms with Gasteiger partial charge in [-0.2, -0.15) is 0 Å². The van der Waals surface area contributed by atoms with Crippen molar-refractivity contribution in [1.82, 2.24) is 5.32 Å². The molecule has 64 valence electrons. The smallest absolute Gasteiger partial charge is 0.310 e. The summed E-state index contributed by atoms with van der Waals surface area (Å²) < 4.78 is 0. The van der Waals surface area contributed by atoms with E-state index in [1.165, 1.54) is 0 Å². The van der Waals surface area contributed by atoms with Crippen LogP contribution < -0.4 is 5.32 Å². The average Bonchev–Trinajstić information content (AvgIpc) is 2.05. The second kappa shape index (κ2) is 3.22. The topological polar surface area (TPSA) is 49.3 Å². The largest absolute Gasteiger partial charge is 0.481 e. The highest BCUT2D eigenvalue weighted by molar-refractivity contribution is 5.75. The quantitative estimate of drug-likeness (QED) is 0.624. The lowest BCUT2D eigenvalue weighted by atomic mass is 9.78. The minimum Gasteiger partial charge on any atom is -0.481 e. The first-order chi connectivity index (χ1) is 5.21. The molecule has 11 heavy (non-hydrogen) atoms. The van der Waals surface area contributed by atoms with E-state index in [1.54, 1.807) is 0 Å². The van der Waals surface area contributed by atoms with Crippen molar-refractivity contribution in [2.75, 3.05) is 13.1 Å². The Bertz CT molecular complexity index is 150. The van der Waals surface area contributed by atoms with Crippen molar-refractivity contribution in [2.45, 2.75) is 26.2 Å². The monoisotopic (exact) mass is 157 g/mol. The maximum atomic E-state index is 10.9. The molecule has 3 heteroatoms. The van der Waals surface area contributed by atoms with Crippen LogP contribution in [0.1, 0.15) is 26.2 Å².